The summed E-state index contributed by atoms with van der Waals surface area (Å²) in [7, 11) is 5.94. The van der Waals surface area contributed by atoms with Crippen molar-refractivity contribution in [2.45, 2.75) is 31.5 Å². The van der Waals surface area contributed by atoms with Crippen molar-refractivity contribution in [3.8, 4) is 0 Å². The summed E-state index contributed by atoms with van der Waals surface area (Å²) in [6.07, 6.45) is 4.20. The van der Waals surface area contributed by atoms with E-state index in [1.807, 2.05) is 19.2 Å². The van der Waals surface area contributed by atoms with Crippen LogP contribution in [-0.2, 0) is 6.54 Å². The number of likely N-dealkylation sites (N-methyl/N-ethyl adjacent to an activating group) is 1. The maximum atomic E-state index is 5.59. The van der Waals surface area contributed by atoms with E-state index in [1.165, 1.54) is 18.4 Å². The lowest BCUT2D eigenvalue weighted by atomic mass is 10.2. The van der Waals surface area contributed by atoms with Gasteiger partial charge in [0.05, 0.1) is 12.3 Å². The fraction of sp³-hybridized carbons (Fsp3) is 0.500. The van der Waals surface area contributed by atoms with Crippen LogP contribution in [-0.4, -0.2) is 62.6 Å². The SMILES string of the molecule is CN=C(NCC(c1ccco1)N(C)C)NCC1CCCN1Cc1ccccc1.I. The molecule has 1 fully saturated rings. The Labute approximate surface area is 191 Å². The van der Waals surface area contributed by atoms with Gasteiger partial charge in [-0.1, -0.05) is 30.3 Å². The highest BCUT2D eigenvalue weighted by atomic mass is 127. The van der Waals surface area contributed by atoms with Crippen LogP contribution in [0.3, 0.4) is 0 Å². The first-order valence-electron chi connectivity index (χ1n) is 10.1. The molecule has 6 nitrogen and oxygen atoms in total. The molecule has 1 saturated heterocycles. The molecule has 2 unspecified atom stereocenters. The Morgan fingerprint density at radius 3 is 2.66 bits per heavy atom. The van der Waals surface area contributed by atoms with Crippen molar-refractivity contribution in [2.24, 2.45) is 4.99 Å². The van der Waals surface area contributed by atoms with Crippen molar-refractivity contribution in [1.82, 2.24) is 20.4 Å². The molecule has 2 N–H and O–H groups in total. The lowest BCUT2D eigenvalue weighted by molar-refractivity contribution is 0.244. The molecule has 0 saturated carbocycles. The number of hydrogen-bond acceptors (Lipinski definition) is 4. The molecular weight excluding hydrogens is 477 g/mol. The highest BCUT2D eigenvalue weighted by Gasteiger charge is 2.24. The number of halogens is 1. The van der Waals surface area contributed by atoms with Gasteiger partial charge in [0.15, 0.2) is 5.96 Å². The third-order valence-corrected chi connectivity index (χ3v) is 5.41. The third-order valence-electron chi connectivity index (χ3n) is 5.41. The van der Waals surface area contributed by atoms with E-state index < -0.39 is 0 Å². The summed E-state index contributed by atoms with van der Waals surface area (Å²) in [5.41, 5.74) is 1.38. The van der Waals surface area contributed by atoms with Crippen molar-refractivity contribution in [3.05, 3.63) is 60.1 Å². The number of likely N-dealkylation sites (tertiary alicyclic amines) is 1. The number of nitrogens with zero attached hydrogens (tertiary/aromatic N) is 3. The monoisotopic (exact) mass is 511 g/mol. The van der Waals surface area contributed by atoms with E-state index >= 15 is 0 Å². The lowest BCUT2D eigenvalue weighted by Crippen LogP contribution is -2.46. The highest BCUT2D eigenvalue weighted by Crippen LogP contribution is 2.20. The zero-order valence-electron chi connectivity index (χ0n) is 17.7. The Kier molecular flexibility index (Phi) is 9.96. The average molecular weight is 511 g/mol. The maximum absolute atomic E-state index is 5.59. The molecule has 0 radical (unpaired) electrons. The Balaban J connectivity index is 0.00000300. The first-order valence-corrected chi connectivity index (χ1v) is 10.1. The number of furan rings is 1. The second-order valence-corrected chi connectivity index (χ2v) is 7.58. The average Bonchev–Trinajstić information content (AvgIpc) is 3.37. The van der Waals surface area contributed by atoms with Crippen LogP contribution in [0.1, 0.15) is 30.2 Å². The summed E-state index contributed by atoms with van der Waals surface area (Å²) >= 11 is 0. The van der Waals surface area contributed by atoms with Crippen molar-refractivity contribution < 1.29 is 4.42 Å². The van der Waals surface area contributed by atoms with Crippen LogP contribution in [0.2, 0.25) is 0 Å². The molecule has 29 heavy (non-hydrogen) atoms. The quantitative estimate of drug-likeness (QED) is 0.324. The van der Waals surface area contributed by atoms with E-state index in [-0.39, 0.29) is 30.0 Å². The molecule has 160 valence electrons. The minimum absolute atomic E-state index is 0. The molecule has 1 aromatic carbocycles. The lowest BCUT2D eigenvalue weighted by Gasteiger charge is -2.27. The minimum Gasteiger partial charge on any atom is -0.468 e. The summed E-state index contributed by atoms with van der Waals surface area (Å²) in [5, 5.41) is 6.96. The fourth-order valence-corrected chi connectivity index (χ4v) is 3.80. The number of guanidine groups is 1. The molecule has 1 aliphatic rings. The normalized spacial score (nSPS) is 18.5. The van der Waals surface area contributed by atoms with Crippen LogP contribution < -0.4 is 10.6 Å². The maximum Gasteiger partial charge on any atom is 0.191 e. The molecule has 2 aromatic rings. The molecule has 7 heteroatoms. The van der Waals surface area contributed by atoms with Crippen LogP contribution in [0.25, 0.3) is 0 Å². The van der Waals surface area contributed by atoms with E-state index in [4.69, 9.17) is 4.42 Å². The largest absolute Gasteiger partial charge is 0.468 e. The van der Waals surface area contributed by atoms with E-state index in [0.717, 1.165) is 37.9 Å². The number of rotatable bonds is 8. The van der Waals surface area contributed by atoms with Gasteiger partial charge in [-0.15, -0.1) is 24.0 Å². The van der Waals surface area contributed by atoms with Gasteiger partial charge in [-0.2, -0.15) is 0 Å². The number of benzene rings is 1. The summed E-state index contributed by atoms with van der Waals surface area (Å²) in [4.78, 5) is 9.12. The van der Waals surface area contributed by atoms with Crippen molar-refractivity contribution in [1.29, 1.82) is 0 Å². The predicted octanol–water partition coefficient (Wildman–Crippen LogP) is 3.33. The van der Waals surface area contributed by atoms with Crippen LogP contribution in [0.15, 0.2) is 58.1 Å². The van der Waals surface area contributed by atoms with Gasteiger partial charge < -0.3 is 15.1 Å². The topological polar surface area (TPSA) is 56.0 Å². The summed E-state index contributed by atoms with van der Waals surface area (Å²) < 4.78 is 5.59. The number of hydrogen-bond donors (Lipinski definition) is 2. The zero-order valence-corrected chi connectivity index (χ0v) is 20.0. The molecule has 0 bridgehead atoms. The predicted molar refractivity (Wildman–Crippen MR) is 130 cm³/mol. The van der Waals surface area contributed by atoms with Gasteiger partial charge >= 0.3 is 0 Å². The van der Waals surface area contributed by atoms with Gasteiger partial charge in [0.1, 0.15) is 5.76 Å². The minimum atomic E-state index is 0. The van der Waals surface area contributed by atoms with Gasteiger partial charge in [-0.05, 0) is 51.2 Å². The van der Waals surface area contributed by atoms with Crippen LogP contribution >= 0.6 is 24.0 Å². The molecular formula is C22H34IN5O. The number of aliphatic imine (C=N–C) groups is 1. The second kappa shape index (κ2) is 12.2. The smallest absolute Gasteiger partial charge is 0.191 e. The van der Waals surface area contributed by atoms with Crippen LogP contribution in [0, 0.1) is 0 Å². The summed E-state index contributed by atoms with van der Waals surface area (Å²) in [5.74, 6) is 1.79. The fourth-order valence-electron chi connectivity index (χ4n) is 3.80. The first-order chi connectivity index (χ1) is 13.7. The van der Waals surface area contributed by atoms with E-state index in [1.54, 1.807) is 6.26 Å². The zero-order chi connectivity index (χ0) is 19.8. The molecule has 0 spiro atoms. The van der Waals surface area contributed by atoms with Crippen molar-refractivity contribution in [2.75, 3.05) is 40.8 Å². The molecule has 2 heterocycles. The molecule has 2 atom stereocenters. The van der Waals surface area contributed by atoms with Gasteiger partial charge in [0.25, 0.3) is 0 Å². The van der Waals surface area contributed by atoms with Gasteiger partial charge in [-0.25, -0.2) is 0 Å². The standard InChI is InChI=1S/C22H33N5O.HI/c1-23-22(25-16-20(26(2)3)21-12-8-14-28-21)24-15-19-11-7-13-27(19)17-18-9-5-4-6-10-18;/h4-6,8-10,12,14,19-20H,7,11,13,15-17H2,1-3H3,(H2,23,24,25);1H. The molecule has 0 amide bonds. The summed E-state index contributed by atoms with van der Waals surface area (Å²) in [6.45, 7) is 3.81. The van der Waals surface area contributed by atoms with Crippen LogP contribution in [0.5, 0.6) is 0 Å². The molecule has 0 aliphatic carbocycles. The number of nitrogens with one attached hydrogen (secondary N) is 2. The third kappa shape index (κ3) is 7.01. The van der Waals surface area contributed by atoms with Gasteiger partial charge in [0.2, 0.25) is 0 Å². The Morgan fingerprint density at radius 1 is 1.21 bits per heavy atom. The van der Waals surface area contributed by atoms with Crippen LogP contribution in [0.4, 0.5) is 0 Å². The van der Waals surface area contributed by atoms with E-state index in [9.17, 15) is 0 Å². The van der Waals surface area contributed by atoms with E-state index in [0.29, 0.717) is 6.04 Å². The Hall–Kier alpha value is -1.58. The van der Waals surface area contributed by atoms with E-state index in [2.05, 4.69) is 69.9 Å². The Bertz CT molecular complexity index is 720. The second-order valence-electron chi connectivity index (χ2n) is 7.58. The summed E-state index contributed by atoms with van der Waals surface area (Å²) in [6, 6.07) is 15.4. The first kappa shape index (κ1) is 23.7. The van der Waals surface area contributed by atoms with Gasteiger partial charge in [-0.3, -0.25) is 14.8 Å². The van der Waals surface area contributed by atoms with Crippen molar-refractivity contribution in [3.63, 3.8) is 0 Å². The highest BCUT2D eigenvalue weighted by molar-refractivity contribution is 14.0. The molecule has 3 rings (SSSR count). The van der Waals surface area contributed by atoms with Gasteiger partial charge in [0, 0.05) is 32.7 Å². The molecule has 1 aliphatic heterocycles. The molecule has 1 aromatic heterocycles. The Morgan fingerprint density at radius 2 is 2.00 bits per heavy atom. The van der Waals surface area contributed by atoms with Crippen molar-refractivity contribution >= 4 is 29.9 Å².